The molecule has 0 heterocycles. The van der Waals surface area contributed by atoms with Gasteiger partial charge in [0, 0.05) is 0 Å². The number of fused-ring (bicyclic) bond motifs is 5. The first kappa shape index (κ1) is 22.1. The van der Waals surface area contributed by atoms with Gasteiger partial charge in [0.2, 0.25) is 0 Å². The summed E-state index contributed by atoms with van der Waals surface area (Å²) in [5, 5.41) is 12.1. The van der Waals surface area contributed by atoms with Crippen LogP contribution in [0.25, 0.3) is 0 Å². The molecule has 3 nitrogen and oxygen atoms in total. The Bertz CT molecular complexity index is 1180. The molecule has 1 N–H and O–H groups in total. The summed E-state index contributed by atoms with van der Waals surface area (Å²) in [6, 6.07) is 25.5. The van der Waals surface area contributed by atoms with Crippen molar-refractivity contribution in [3.05, 3.63) is 90.0 Å². The van der Waals surface area contributed by atoms with Crippen molar-refractivity contribution in [2.75, 3.05) is 0 Å². The van der Waals surface area contributed by atoms with Crippen molar-refractivity contribution in [3.63, 3.8) is 0 Å². The van der Waals surface area contributed by atoms with E-state index in [1.807, 2.05) is 66.7 Å². The number of aliphatic hydroxyl groups excluding tert-OH is 1. The SMILES string of the molecule is C[C@]12CC[C@H]3c4ccc(OP(=O)(c5ccccc5)c5ccccc5)cc4CC[C@@H]3[C@@H]1CC[C@@H]2O. The second kappa shape index (κ2) is 8.40. The van der Waals surface area contributed by atoms with Gasteiger partial charge in [-0.15, -0.1) is 0 Å². The van der Waals surface area contributed by atoms with Gasteiger partial charge in [-0.05, 0) is 109 Å². The second-order valence-electron chi connectivity index (χ2n) is 10.7. The van der Waals surface area contributed by atoms with Crippen LogP contribution in [0.5, 0.6) is 5.75 Å². The van der Waals surface area contributed by atoms with Crippen LogP contribution in [0.3, 0.4) is 0 Å². The van der Waals surface area contributed by atoms with Crippen LogP contribution < -0.4 is 15.1 Å². The highest BCUT2D eigenvalue weighted by Crippen LogP contribution is 2.61. The summed E-state index contributed by atoms with van der Waals surface area (Å²) in [4.78, 5) is 0. The largest absolute Gasteiger partial charge is 0.437 e. The molecule has 0 amide bonds. The van der Waals surface area contributed by atoms with Crippen molar-refractivity contribution in [1.29, 1.82) is 0 Å². The predicted molar refractivity (Wildman–Crippen MR) is 137 cm³/mol. The first-order valence-electron chi connectivity index (χ1n) is 12.7. The Morgan fingerprint density at radius 2 is 1.56 bits per heavy atom. The number of hydrogen-bond acceptors (Lipinski definition) is 3. The number of aryl methyl sites for hydroxylation is 1. The quantitative estimate of drug-likeness (QED) is 0.459. The zero-order valence-electron chi connectivity index (χ0n) is 19.8. The van der Waals surface area contributed by atoms with Gasteiger partial charge in [0.05, 0.1) is 16.7 Å². The fourth-order valence-corrected chi connectivity index (χ4v) is 9.29. The normalized spacial score (nSPS) is 30.2. The van der Waals surface area contributed by atoms with Gasteiger partial charge in [0.1, 0.15) is 5.75 Å². The summed E-state index contributed by atoms with van der Waals surface area (Å²) >= 11 is 0. The van der Waals surface area contributed by atoms with Gasteiger partial charge in [-0.25, -0.2) is 0 Å². The third kappa shape index (κ3) is 3.48. The highest BCUT2D eigenvalue weighted by atomic mass is 31.2. The molecule has 0 bridgehead atoms. The summed E-state index contributed by atoms with van der Waals surface area (Å²) in [5.74, 6) is 2.54. The van der Waals surface area contributed by atoms with Gasteiger partial charge in [-0.1, -0.05) is 49.4 Å². The van der Waals surface area contributed by atoms with Crippen molar-refractivity contribution in [3.8, 4) is 5.75 Å². The zero-order valence-corrected chi connectivity index (χ0v) is 20.7. The van der Waals surface area contributed by atoms with E-state index in [1.54, 1.807) is 0 Å². The molecule has 2 fully saturated rings. The Kier molecular flexibility index (Phi) is 5.47. The van der Waals surface area contributed by atoms with Crippen molar-refractivity contribution in [2.24, 2.45) is 17.3 Å². The Morgan fingerprint density at radius 3 is 2.24 bits per heavy atom. The summed E-state index contributed by atoms with van der Waals surface area (Å²) < 4.78 is 20.7. The molecule has 0 radical (unpaired) electrons. The second-order valence-corrected chi connectivity index (χ2v) is 13.0. The van der Waals surface area contributed by atoms with Gasteiger partial charge >= 0.3 is 7.37 Å². The molecule has 6 rings (SSSR count). The van der Waals surface area contributed by atoms with Gasteiger partial charge in [-0.2, -0.15) is 0 Å². The molecule has 3 aromatic carbocycles. The fraction of sp³-hybridized carbons (Fsp3) is 0.400. The summed E-state index contributed by atoms with van der Waals surface area (Å²) in [6.45, 7) is 2.32. The molecule has 5 atom stereocenters. The van der Waals surface area contributed by atoms with Crippen LogP contribution in [0.15, 0.2) is 78.9 Å². The maximum absolute atomic E-state index is 14.3. The Balaban J connectivity index is 1.32. The molecule has 3 aliphatic rings. The van der Waals surface area contributed by atoms with Crippen LogP contribution >= 0.6 is 7.37 Å². The lowest BCUT2D eigenvalue weighted by molar-refractivity contribution is -0.0226. The maximum Gasteiger partial charge on any atom is 0.306 e. The van der Waals surface area contributed by atoms with E-state index in [4.69, 9.17) is 4.52 Å². The van der Waals surface area contributed by atoms with E-state index < -0.39 is 7.37 Å². The molecule has 34 heavy (non-hydrogen) atoms. The van der Waals surface area contributed by atoms with E-state index in [9.17, 15) is 9.67 Å². The molecular weight excluding hydrogens is 439 g/mol. The van der Waals surface area contributed by atoms with Crippen LogP contribution in [0.1, 0.15) is 56.1 Å². The van der Waals surface area contributed by atoms with E-state index in [0.717, 1.165) is 32.1 Å². The van der Waals surface area contributed by atoms with E-state index >= 15 is 0 Å². The van der Waals surface area contributed by atoms with Crippen molar-refractivity contribution in [2.45, 2.75) is 57.5 Å². The van der Waals surface area contributed by atoms with E-state index in [1.165, 1.54) is 17.5 Å². The van der Waals surface area contributed by atoms with E-state index in [2.05, 4.69) is 19.1 Å². The summed E-state index contributed by atoms with van der Waals surface area (Å²) in [7, 11) is -3.27. The van der Waals surface area contributed by atoms with E-state index in [-0.39, 0.29) is 11.5 Å². The molecule has 3 aliphatic carbocycles. The van der Waals surface area contributed by atoms with Gasteiger partial charge < -0.3 is 9.63 Å². The highest BCUT2D eigenvalue weighted by molar-refractivity contribution is 7.74. The van der Waals surface area contributed by atoms with Crippen LogP contribution in [0.2, 0.25) is 0 Å². The smallest absolute Gasteiger partial charge is 0.306 e. The molecule has 0 aromatic heterocycles. The molecular formula is C30H33O3P. The first-order chi connectivity index (χ1) is 16.5. The monoisotopic (exact) mass is 472 g/mol. The lowest BCUT2D eigenvalue weighted by Gasteiger charge is -2.50. The van der Waals surface area contributed by atoms with Crippen LogP contribution in [-0.4, -0.2) is 11.2 Å². The molecule has 2 saturated carbocycles. The summed E-state index contributed by atoms with van der Waals surface area (Å²) in [5.41, 5.74) is 2.88. The number of rotatable bonds is 4. The number of aliphatic hydroxyl groups is 1. The molecule has 0 spiro atoms. The Labute approximate surface area is 202 Å². The fourth-order valence-electron chi connectivity index (χ4n) is 7.24. The lowest BCUT2D eigenvalue weighted by atomic mass is 9.55. The number of hydrogen-bond donors (Lipinski definition) is 1. The molecule has 4 heteroatoms. The molecule has 0 aliphatic heterocycles. The average Bonchev–Trinajstić information content (AvgIpc) is 3.19. The van der Waals surface area contributed by atoms with Crippen LogP contribution in [0, 0.1) is 17.3 Å². The Hall–Kier alpha value is -2.35. The van der Waals surface area contributed by atoms with Gasteiger partial charge in [0.15, 0.2) is 0 Å². The number of benzene rings is 3. The molecule has 0 saturated heterocycles. The third-order valence-corrected chi connectivity index (χ3v) is 11.5. The van der Waals surface area contributed by atoms with Crippen molar-refractivity contribution >= 4 is 18.0 Å². The van der Waals surface area contributed by atoms with Gasteiger partial charge in [0.25, 0.3) is 0 Å². The average molecular weight is 473 g/mol. The lowest BCUT2D eigenvalue weighted by Crippen LogP contribution is -2.43. The molecule has 0 unspecified atom stereocenters. The highest BCUT2D eigenvalue weighted by Gasteiger charge is 2.54. The topological polar surface area (TPSA) is 46.5 Å². The Morgan fingerprint density at radius 1 is 0.882 bits per heavy atom. The molecule has 3 aromatic rings. The van der Waals surface area contributed by atoms with Crippen LogP contribution in [-0.2, 0) is 11.0 Å². The maximum atomic E-state index is 14.3. The third-order valence-electron chi connectivity index (χ3n) is 9.07. The van der Waals surface area contributed by atoms with Crippen LogP contribution in [0.4, 0.5) is 0 Å². The minimum absolute atomic E-state index is 0.0970. The standard InChI is InChI=1S/C30H33O3P/c1-30-19-18-26-25-15-13-22(20-21(25)12-14-27(26)28(30)16-17-29(30)31)33-34(32,23-8-4-2-5-9-23)24-10-6-3-7-11-24/h2-11,13,15,20,26-29,31H,12,14,16-19H2,1H3/t26-,27-,28-,29-,30-/m0/s1. The minimum Gasteiger partial charge on any atom is -0.437 e. The zero-order chi connectivity index (χ0) is 23.3. The van der Waals surface area contributed by atoms with Gasteiger partial charge in [-0.3, -0.25) is 4.57 Å². The van der Waals surface area contributed by atoms with Crippen molar-refractivity contribution in [1.82, 2.24) is 0 Å². The van der Waals surface area contributed by atoms with Crippen molar-refractivity contribution < 1.29 is 14.2 Å². The van der Waals surface area contributed by atoms with E-state index in [0.29, 0.717) is 34.1 Å². The predicted octanol–water partition coefficient (Wildman–Crippen LogP) is 6.21. The minimum atomic E-state index is -3.27. The molecule has 176 valence electrons. The summed E-state index contributed by atoms with van der Waals surface area (Å²) in [6.07, 6.45) is 6.43. The first-order valence-corrected chi connectivity index (χ1v) is 14.3.